The van der Waals surface area contributed by atoms with Gasteiger partial charge in [0.15, 0.2) is 0 Å². The zero-order valence-corrected chi connectivity index (χ0v) is 9.29. The van der Waals surface area contributed by atoms with Gasteiger partial charge in [0.1, 0.15) is 5.78 Å². The fourth-order valence-corrected chi connectivity index (χ4v) is 3.63. The highest BCUT2D eigenvalue weighted by atomic mass is 16.5. The molecule has 1 saturated heterocycles. The number of rotatable bonds is 1. The van der Waals surface area contributed by atoms with Crippen LogP contribution >= 0.6 is 0 Å². The topological polar surface area (TPSA) is 26.3 Å². The highest BCUT2D eigenvalue weighted by Gasteiger charge is 2.54. The van der Waals surface area contributed by atoms with Crippen molar-refractivity contribution in [1.82, 2.24) is 0 Å². The van der Waals surface area contributed by atoms with Crippen LogP contribution in [0.1, 0.15) is 45.4 Å². The highest BCUT2D eigenvalue weighted by molar-refractivity contribution is 5.87. The second-order valence-electron chi connectivity index (χ2n) is 5.11. The number of Topliss-reactive ketones (excluding diaryl/α,β-unsaturated/α-hetero) is 1. The molecule has 2 heteroatoms. The molecule has 3 rings (SSSR count). The largest absolute Gasteiger partial charge is 0.370 e. The fourth-order valence-electron chi connectivity index (χ4n) is 3.63. The summed E-state index contributed by atoms with van der Waals surface area (Å²) in [4.78, 5) is 12.0. The molecular formula is C13H18O2. The lowest BCUT2D eigenvalue weighted by atomic mass is 9.79. The Morgan fingerprint density at radius 1 is 1.53 bits per heavy atom. The first-order chi connectivity index (χ1) is 7.25. The lowest BCUT2D eigenvalue weighted by Gasteiger charge is -2.30. The summed E-state index contributed by atoms with van der Waals surface area (Å²) in [5.41, 5.74) is 1.26. The Kier molecular flexibility index (Phi) is 2.03. The minimum absolute atomic E-state index is 0.0832. The van der Waals surface area contributed by atoms with Crippen molar-refractivity contribution < 1.29 is 9.53 Å². The van der Waals surface area contributed by atoms with Gasteiger partial charge < -0.3 is 4.74 Å². The lowest BCUT2D eigenvalue weighted by molar-refractivity contribution is -0.124. The number of fused-ring (bicyclic) bond motifs is 1. The second kappa shape index (κ2) is 3.18. The van der Waals surface area contributed by atoms with Gasteiger partial charge >= 0.3 is 0 Å². The highest BCUT2D eigenvalue weighted by Crippen LogP contribution is 2.51. The van der Waals surface area contributed by atoms with E-state index in [1.54, 1.807) is 0 Å². The van der Waals surface area contributed by atoms with Crippen molar-refractivity contribution in [3.63, 3.8) is 0 Å². The fraction of sp³-hybridized carbons (Fsp3) is 0.769. The first kappa shape index (κ1) is 9.59. The van der Waals surface area contributed by atoms with Crippen LogP contribution in [0.15, 0.2) is 11.6 Å². The third-order valence-corrected chi connectivity index (χ3v) is 4.36. The van der Waals surface area contributed by atoms with Crippen LogP contribution in [-0.4, -0.2) is 17.5 Å². The van der Waals surface area contributed by atoms with Crippen molar-refractivity contribution in [2.24, 2.45) is 5.92 Å². The Morgan fingerprint density at radius 2 is 2.40 bits per heavy atom. The molecule has 3 aliphatic rings. The van der Waals surface area contributed by atoms with Crippen LogP contribution in [0, 0.1) is 5.92 Å². The molecule has 0 aromatic carbocycles. The molecule has 15 heavy (non-hydrogen) atoms. The average molecular weight is 206 g/mol. The van der Waals surface area contributed by atoms with Crippen molar-refractivity contribution in [1.29, 1.82) is 0 Å². The van der Waals surface area contributed by atoms with Crippen molar-refractivity contribution >= 4 is 5.78 Å². The second-order valence-corrected chi connectivity index (χ2v) is 5.11. The molecule has 0 aromatic rings. The van der Waals surface area contributed by atoms with E-state index in [1.165, 1.54) is 5.57 Å². The number of carbonyl (C=O) groups excluding carboxylic acids is 1. The molecule has 1 saturated carbocycles. The van der Waals surface area contributed by atoms with Gasteiger partial charge in [0.2, 0.25) is 0 Å². The summed E-state index contributed by atoms with van der Waals surface area (Å²) >= 11 is 0. The molecule has 82 valence electrons. The standard InChI is InChI=1S/C13H18O2/c1-2-9-3-4-10-5-7-13(15-10)8-6-11(14)12(9)13/h3,10,12H,2,4-8H2,1H3/t10-,12-,13-/m1/s1. The van der Waals surface area contributed by atoms with Gasteiger partial charge in [-0.15, -0.1) is 0 Å². The first-order valence-electron chi connectivity index (χ1n) is 6.14. The predicted molar refractivity (Wildman–Crippen MR) is 57.6 cm³/mol. The van der Waals surface area contributed by atoms with E-state index in [0.717, 1.165) is 38.5 Å². The molecule has 3 atom stereocenters. The molecule has 0 amide bonds. The normalized spacial score (nSPS) is 43.8. The monoisotopic (exact) mass is 206 g/mol. The van der Waals surface area contributed by atoms with E-state index < -0.39 is 0 Å². The summed E-state index contributed by atoms with van der Waals surface area (Å²) in [5.74, 6) is 0.528. The Bertz CT molecular complexity index is 331. The van der Waals surface area contributed by atoms with Crippen LogP contribution in [0.3, 0.4) is 0 Å². The van der Waals surface area contributed by atoms with Crippen molar-refractivity contribution in [3.8, 4) is 0 Å². The molecule has 2 fully saturated rings. The van der Waals surface area contributed by atoms with Crippen LogP contribution in [0.5, 0.6) is 0 Å². The average Bonchev–Trinajstić information content (AvgIpc) is 2.70. The number of ketones is 1. The molecule has 2 aliphatic heterocycles. The van der Waals surface area contributed by atoms with E-state index in [4.69, 9.17) is 4.74 Å². The summed E-state index contributed by atoms with van der Waals surface area (Å²) in [6.45, 7) is 2.16. The molecule has 2 heterocycles. The van der Waals surface area contributed by atoms with Gasteiger partial charge in [-0.1, -0.05) is 18.6 Å². The third kappa shape index (κ3) is 1.24. The van der Waals surface area contributed by atoms with Crippen molar-refractivity contribution in [2.45, 2.75) is 57.2 Å². The molecule has 1 aliphatic carbocycles. The van der Waals surface area contributed by atoms with Crippen molar-refractivity contribution in [3.05, 3.63) is 11.6 Å². The molecule has 0 radical (unpaired) electrons. The quantitative estimate of drug-likeness (QED) is 0.616. The Hall–Kier alpha value is -0.630. The van der Waals surface area contributed by atoms with E-state index in [1.807, 2.05) is 0 Å². The molecule has 2 nitrogen and oxygen atoms in total. The maximum atomic E-state index is 12.0. The molecule has 0 aromatic heterocycles. The number of carbonyl (C=O) groups is 1. The Balaban J connectivity index is 2.04. The van der Waals surface area contributed by atoms with Gasteiger partial charge in [0.05, 0.1) is 17.6 Å². The molecule has 0 unspecified atom stereocenters. The van der Waals surface area contributed by atoms with Crippen LogP contribution in [0.25, 0.3) is 0 Å². The van der Waals surface area contributed by atoms with Gasteiger partial charge in [0, 0.05) is 6.42 Å². The molecular weight excluding hydrogens is 188 g/mol. The lowest BCUT2D eigenvalue weighted by Crippen LogP contribution is -2.36. The number of hydrogen-bond acceptors (Lipinski definition) is 2. The van der Waals surface area contributed by atoms with Gasteiger partial charge in [-0.2, -0.15) is 0 Å². The summed E-state index contributed by atoms with van der Waals surface area (Å²) in [7, 11) is 0. The van der Waals surface area contributed by atoms with E-state index in [9.17, 15) is 4.79 Å². The first-order valence-corrected chi connectivity index (χ1v) is 6.14. The van der Waals surface area contributed by atoms with Crippen LogP contribution in [0.2, 0.25) is 0 Å². The third-order valence-electron chi connectivity index (χ3n) is 4.36. The van der Waals surface area contributed by atoms with Gasteiger partial charge in [-0.05, 0) is 32.1 Å². The van der Waals surface area contributed by atoms with Gasteiger partial charge in [-0.3, -0.25) is 4.79 Å². The smallest absolute Gasteiger partial charge is 0.143 e. The zero-order chi connectivity index (χ0) is 10.5. The summed E-state index contributed by atoms with van der Waals surface area (Å²) < 4.78 is 6.16. The van der Waals surface area contributed by atoms with E-state index in [0.29, 0.717) is 11.9 Å². The number of hydrogen-bond donors (Lipinski definition) is 0. The van der Waals surface area contributed by atoms with E-state index >= 15 is 0 Å². The van der Waals surface area contributed by atoms with Crippen molar-refractivity contribution in [2.75, 3.05) is 0 Å². The van der Waals surface area contributed by atoms with Crippen LogP contribution < -0.4 is 0 Å². The van der Waals surface area contributed by atoms with Gasteiger partial charge in [-0.25, -0.2) is 0 Å². The maximum absolute atomic E-state index is 12.0. The summed E-state index contributed by atoms with van der Waals surface area (Å²) in [6, 6.07) is 0. The number of ether oxygens (including phenoxy) is 1. The molecule has 0 N–H and O–H groups in total. The molecule has 1 spiro atoms. The van der Waals surface area contributed by atoms with Crippen LogP contribution in [0.4, 0.5) is 0 Å². The summed E-state index contributed by atoms with van der Waals surface area (Å²) in [5, 5.41) is 0. The SMILES string of the molecule is CCC1=CC[C@@H]2CC[C@]3(CCC(=O)[C@@H]13)O2. The van der Waals surface area contributed by atoms with Gasteiger partial charge in [0.25, 0.3) is 0 Å². The van der Waals surface area contributed by atoms with E-state index in [-0.39, 0.29) is 11.5 Å². The zero-order valence-electron chi connectivity index (χ0n) is 9.29. The predicted octanol–water partition coefficient (Wildman–Crippen LogP) is 2.62. The molecule has 2 bridgehead atoms. The summed E-state index contributed by atoms with van der Waals surface area (Å²) in [6.07, 6.45) is 8.65. The Morgan fingerprint density at radius 3 is 3.20 bits per heavy atom. The maximum Gasteiger partial charge on any atom is 0.143 e. The Labute approximate surface area is 90.7 Å². The van der Waals surface area contributed by atoms with E-state index in [2.05, 4.69) is 13.0 Å². The minimum atomic E-state index is -0.0832. The van der Waals surface area contributed by atoms with Crippen LogP contribution in [-0.2, 0) is 9.53 Å². The minimum Gasteiger partial charge on any atom is -0.370 e.